The molecule has 1 atom stereocenters. The Bertz CT molecular complexity index is 729. The second kappa shape index (κ2) is 6.55. The summed E-state index contributed by atoms with van der Waals surface area (Å²) >= 11 is 0. The van der Waals surface area contributed by atoms with Crippen molar-refractivity contribution >= 4 is 16.9 Å². The number of hydrogen-bond donors (Lipinski definition) is 2. The third kappa shape index (κ3) is 3.46. The summed E-state index contributed by atoms with van der Waals surface area (Å²) < 4.78 is 2.09. The largest absolute Gasteiger partial charge is 0.388 e. The van der Waals surface area contributed by atoms with Gasteiger partial charge >= 0.3 is 0 Å². The highest BCUT2D eigenvalue weighted by Gasteiger charge is 2.33. The van der Waals surface area contributed by atoms with Crippen molar-refractivity contribution in [2.45, 2.75) is 64.6 Å². The molecule has 1 amide bonds. The number of imidazole rings is 1. The molecule has 0 unspecified atom stereocenters. The molecular formula is C19H27N3O2. The van der Waals surface area contributed by atoms with E-state index in [0.717, 1.165) is 42.5 Å². The van der Waals surface area contributed by atoms with E-state index in [1.165, 1.54) is 6.92 Å². The summed E-state index contributed by atoms with van der Waals surface area (Å²) in [6, 6.07) is 7.76. The molecule has 2 N–H and O–H groups in total. The topological polar surface area (TPSA) is 67.2 Å². The number of rotatable bonds is 4. The minimum Gasteiger partial charge on any atom is -0.388 e. The summed E-state index contributed by atoms with van der Waals surface area (Å²) in [5, 5.41) is 14.0. The van der Waals surface area contributed by atoms with E-state index in [1.807, 2.05) is 31.2 Å². The Balaban J connectivity index is 1.97. The molecule has 130 valence electrons. The van der Waals surface area contributed by atoms with Crippen LogP contribution < -0.4 is 5.32 Å². The number of fused-ring (bicyclic) bond motifs is 1. The molecule has 2 aromatic rings. The number of carbonyl (C=O) groups excluding carboxylic acids is 1. The van der Waals surface area contributed by atoms with E-state index in [0.29, 0.717) is 12.5 Å². The van der Waals surface area contributed by atoms with Crippen LogP contribution in [-0.2, 0) is 11.3 Å². The quantitative estimate of drug-likeness (QED) is 0.905. The third-order valence-electron chi connectivity index (χ3n) is 5.15. The minimum absolute atomic E-state index is 0.0775. The molecule has 0 bridgehead atoms. The fourth-order valence-electron chi connectivity index (χ4n) is 3.71. The van der Waals surface area contributed by atoms with Crippen molar-refractivity contribution in [3.8, 4) is 0 Å². The fourth-order valence-corrected chi connectivity index (χ4v) is 3.71. The van der Waals surface area contributed by atoms with Gasteiger partial charge in [-0.15, -0.1) is 0 Å². The Hall–Kier alpha value is -1.88. The number of carbonyl (C=O) groups is 1. The average Bonchev–Trinajstić information content (AvgIpc) is 2.89. The standard InChI is InChI=1S/C19H27N3O2/c1-13-8-10-19(24,11-9-13)12-22-17-7-5-4-6-16(17)21-18(22)14(2)20-15(3)23/h4-7,13-14,24H,8-12H2,1-3H3,(H,20,23)/t13?,14-,19?/m0/s1. The van der Waals surface area contributed by atoms with Crippen molar-refractivity contribution in [2.75, 3.05) is 0 Å². The number of para-hydroxylation sites is 2. The number of benzene rings is 1. The Morgan fingerprint density at radius 1 is 1.42 bits per heavy atom. The van der Waals surface area contributed by atoms with Crippen molar-refractivity contribution in [2.24, 2.45) is 5.92 Å². The zero-order valence-corrected chi connectivity index (χ0v) is 14.7. The lowest BCUT2D eigenvalue weighted by Gasteiger charge is -2.36. The molecule has 3 rings (SSSR count). The Morgan fingerprint density at radius 2 is 2.08 bits per heavy atom. The van der Waals surface area contributed by atoms with Gasteiger partial charge in [-0.3, -0.25) is 4.79 Å². The maximum absolute atomic E-state index is 11.4. The monoisotopic (exact) mass is 329 g/mol. The molecule has 0 spiro atoms. The van der Waals surface area contributed by atoms with Crippen molar-refractivity contribution in [3.63, 3.8) is 0 Å². The van der Waals surface area contributed by atoms with Gasteiger partial charge in [-0.2, -0.15) is 0 Å². The lowest BCUT2D eigenvalue weighted by molar-refractivity contribution is -0.119. The van der Waals surface area contributed by atoms with Crippen LogP contribution in [-0.4, -0.2) is 26.2 Å². The maximum Gasteiger partial charge on any atom is 0.217 e. The Labute approximate surface area is 143 Å². The van der Waals surface area contributed by atoms with Gasteiger partial charge in [-0.25, -0.2) is 4.98 Å². The third-order valence-corrected chi connectivity index (χ3v) is 5.15. The van der Waals surface area contributed by atoms with E-state index >= 15 is 0 Å². The molecule has 1 aliphatic rings. The first-order chi connectivity index (χ1) is 11.4. The first kappa shape index (κ1) is 17.0. The summed E-state index contributed by atoms with van der Waals surface area (Å²) in [6.45, 7) is 6.22. The van der Waals surface area contributed by atoms with Crippen LogP contribution in [0.15, 0.2) is 24.3 Å². The molecule has 1 aromatic carbocycles. The highest BCUT2D eigenvalue weighted by Crippen LogP contribution is 2.34. The van der Waals surface area contributed by atoms with Crippen LogP contribution in [0.25, 0.3) is 11.0 Å². The predicted molar refractivity (Wildman–Crippen MR) is 94.5 cm³/mol. The van der Waals surface area contributed by atoms with Gasteiger partial charge in [-0.1, -0.05) is 19.1 Å². The normalized spacial score (nSPS) is 25.6. The number of nitrogens with one attached hydrogen (secondary N) is 1. The highest BCUT2D eigenvalue weighted by atomic mass is 16.3. The summed E-state index contributed by atoms with van der Waals surface area (Å²) in [4.78, 5) is 16.2. The molecule has 0 aliphatic heterocycles. The lowest BCUT2D eigenvalue weighted by atomic mass is 9.79. The van der Waals surface area contributed by atoms with Gasteiger partial charge < -0.3 is 15.0 Å². The number of aromatic nitrogens is 2. The second-order valence-corrected chi connectivity index (χ2v) is 7.37. The number of nitrogens with zero attached hydrogens (tertiary/aromatic N) is 2. The van der Waals surface area contributed by atoms with Crippen molar-refractivity contribution < 1.29 is 9.90 Å². The van der Waals surface area contributed by atoms with Gasteiger partial charge in [-0.05, 0) is 50.7 Å². The molecule has 1 fully saturated rings. The molecule has 1 aromatic heterocycles. The van der Waals surface area contributed by atoms with Crippen LogP contribution in [0.3, 0.4) is 0 Å². The SMILES string of the molecule is CC(=O)N[C@@H](C)c1nc2ccccc2n1CC1(O)CCC(C)CC1. The first-order valence-electron chi connectivity index (χ1n) is 8.82. The van der Waals surface area contributed by atoms with Crippen LogP contribution in [0.4, 0.5) is 0 Å². The van der Waals surface area contributed by atoms with Crippen LogP contribution >= 0.6 is 0 Å². The van der Waals surface area contributed by atoms with E-state index in [4.69, 9.17) is 4.98 Å². The summed E-state index contributed by atoms with van der Waals surface area (Å²) in [5.41, 5.74) is 1.22. The lowest BCUT2D eigenvalue weighted by Crippen LogP contribution is -2.39. The zero-order chi connectivity index (χ0) is 17.3. The van der Waals surface area contributed by atoms with Crippen LogP contribution in [0.1, 0.15) is 58.3 Å². The van der Waals surface area contributed by atoms with Gasteiger partial charge in [0.05, 0.1) is 29.2 Å². The molecule has 1 saturated carbocycles. The fraction of sp³-hybridized carbons (Fsp3) is 0.579. The van der Waals surface area contributed by atoms with Crippen LogP contribution in [0.5, 0.6) is 0 Å². The predicted octanol–water partition coefficient (Wildman–Crippen LogP) is 3.17. The van der Waals surface area contributed by atoms with Crippen molar-refractivity contribution in [1.82, 2.24) is 14.9 Å². The van der Waals surface area contributed by atoms with Gasteiger partial charge in [0.2, 0.25) is 5.91 Å². The Kier molecular flexibility index (Phi) is 4.63. The van der Waals surface area contributed by atoms with E-state index in [-0.39, 0.29) is 11.9 Å². The molecular weight excluding hydrogens is 302 g/mol. The number of aliphatic hydroxyl groups is 1. The van der Waals surface area contributed by atoms with Gasteiger partial charge in [0, 0.05) is 6.92 Å². The van der Waals surface area contributed by atoms with Crippen molar-refractivity contribution in [3.05, 3.63) is 30.1 Å². The maximum atomic E-state index is 11.4. The van der Waals surface area contributed by atoms with E-state index in [2.05, 4.69) is 16.8 Å². The molecule has 1 heterocycles. The summed E-state index contributed by atoms with van der Waals surface area (Å²) in [7, 11) is 0. The summed E-state index contributed by atoms with van der Waals surface area (Å²) in [5.74, 6) is 1.41. The van der Waals surface area contributed by atoms with E-state index < -0.39 is 5.60 Å². The van der Waals surface area contributed by atoms with E-state index in [9.17, 15) is 9.90 Å². The molecule has 0 radical (unpaired) electrons. The number of hydrogen-bond acceptors (Lipinski definition) is 3. The highest BCUT2D eigenvalue weighted by molar-refractivity contribution is 5.77. The first-order valence-corrected chi connectivity index (χ1v) is 8.82. The molecule has 1 aliphatic carbocycles. The van der Waals surface area contributed by atoms with Gasteiger partial charge in [0.15, 0.2) is 0 Å². The smallest absolute Gasteiger partial charge is 0.217 e. The second-order valence-electron chi connectivity index (χ2n) is 7.37. The van der Waals surface area contributed by atoms with Crippen LogP contribution in [0, 0.1) is 5.92 Å². The Morgan fingerprint density at radius 3 is 2.75 bits per heavy atom. The average molecular weight is 329 g/mol. The van der Waals surface area contributed by atoms with Gasteiger partial charge in [0.25, 0.3) is 0 Å². The summed E-state index contributed by atoms with van der Waals surface area (Å²) in [6.07, 6.45) is 3.74. The number of amides is 1. The van der Waals surface area contributed by atoms with E-state index in [1.54, 1.807) is 0 Å². The van der Waals surface area contributed by atoms with Crippen molar-refractivity contribution in [1.29, 1.82) is 0 Å². The molecule has 5 nitrogen and oxygen atoms in total. The minimum atomic E-state index is -0.694. The molecule has 0 saturated heterocycles. The van der Waals surface area contributed by atoms with Gasteiger partial charge in [0.1, 0.15) is 5.82 Å². The van der Waals surface area contributed by atoms with Crippen LogP contribution in [0.2, 0.25) is 0 Å². The molecule has 5 heteroatoms. The molecule has 24 heavy (non-hydrogen) atoms. The zero-order valence-electron chi connectivity index (χ0n) is 14.7.